The Bertz CT molecular complexity index is 850. The second-order valence-electron chi connectivity index (χ2n) is 6.61. The van der Waals surface area contributed by atoms with Crippen LogP contribution in [0.2, 0.25) is 0 Å². The lowest BCUT2D eigenvalue weighted by atomic mass is 9.94. The Morgan fingerprint density at radius 3 is 2.73 bits per heavy atom. The summed E-state index contributed by atoms with van der Waals surface area (Å²) in [5, 5.41) is 7.67. The van der Waals surface area contributed by atoms with Crippen LogP contribution in [0.15, 0.2) is 30.2 Å². The summed E-state index contributed by atoms with van der Waals surface area (Å²) in [7, 11) is 0. The van der Waals surface area contributed by atoms with Gasteiger partial charge < -0.3 is 10.6 Å². The van der Waals surface area contributed by atoms with Crippen molar-refractivity contribution in [1.82, 2.24) is 24.7 Å². The van der Waals surface area contributed by atoms with Crippen molar-refractivity contribution in [2.45, 2.75) is 32.6 Å². The van der Waals surface area contributed by atoms with E-state index < -0.39 is 0 Å². The molecule has 8 heteroatoms. The summed E-state index contributed by atoms with van der Waals surface area (Å²) in [6, 6.07) is 1.86. The van der Waals surface area contributed by atoms with E-state index in [9.17, 15) is 0 Å². The number of nitrogens with zero attached hydrogens (tertiary/aromatic N) is 6. The van der Waals surface area contributed by atoms with Crippen molar-refractivity contribution in [1.29, 1.82) is 0 Å². The molecule has 3 aromatic heterocycles. The molecule has 0 aromatic carbocycles. The number of piperidine rings is 1. The molecule has 136 valence electrons. The Hall–Kier alpha value is -2.48. The number of nitrogens with two attached hydrogens (primary N) is 1. The lowest BCUT2D eigenvalue weighted by Gasteiger charge is -2.33. The van der Waals surface area contributed by atoms with Gasteiger partial charge in [-0.3, -0.25) is 0 Å². The molecule has 0 amide bonds. The van der Waals surface area contributed by atoms with E-state index in [1.54, 1.807) is 28.5 Å². The molecule has 1 aliphatic rings. The minimum absolute atomic E-state index is 0.585. The molecule has 2 N–H and O–H groups in total. The lowest BCUT2D eigenvalue weighted by Crippen LogP contribution is -2.35. The minimum atomic E-state index is 0.585. The van der Waals surface area contributed by atoms with Crippen LogP contribution in [-0.4, -0.2) is 37.8 Å². The quantitative estimate of drug-likeness (QED) is 0.744. The van der Waals surface area contributed by atoms with Crippen molar-refractivity contribution in [3.05, 3.63) is 40.9 Å². The highest BCUT2D eigenvalue weighted by atomic mass is 32.1. The number of hydrogen-bond donors (Lipinski definition) is 1. The molecule has 0 radical (unpaired) electrons. The molecule has 0 aliphatic carbocycles. The third kappa shape index (κ3) is 3.41. The zero-order valence-electron chi connectivity index (χ0n) is 14.9. The monoisotopic (exact) mass is 369 g/mol. The van der Waals surface area contributed by atoms with Crippen LogP contribution in [0.5, 0.6) is 0 Å². The second-order valence-corrected chi connectivity index (χ2v) is 7.55. The SMILES string of the molecule is CCc1csc(CC2CCN(c3ncnc(-n4cccn4)c3N)CC2)n1. The third-order valence-corrected chi connectivity index (χ3v) is 5.82. The molecule has 7 nitrogen and oxygen atoms in total. The van der Waals surface area contributed by atoms with E-state index in [1.165, 1.54) is 10.7 Å². The number of aromatic nitrogens is 5. The summed E-state index contributed by atoms with van der Waals surface area (Å²) >= 11 is 1.79. The molecule has 0 bridgehead atoms. The molecule has 0 unspecified atom stereocenters. The van der Waals surface area contributed by atoms with Crippen LogP contribution in [0, 0.1) is 5.92 Å². The van der Waals surface area contributed by atoms with E-state index in [0.717, 1.165) is 44.6 Å². The van der Waals surface area contributed by atoms with Crippen molar-refractivity contribution in [3.8, 4) is 5.82 Å². The van der Waals surface area contributed by atoms with Crippen molar-refractivity contribution < 1.29 is 0 Å². The van der Waals surface area contributed by atoms with Gasteiger partial charge in [-0.25, -0.2) is 19.6 Å². The average molecular weight is 369 g/mol. The first kappa shape index (κ1) is 17.0. The number of thiazole rings is 1. The summed E-state index contributed by atoms with van der Waals surface area (Å²) in [5.74, 6) is 2.12. The number of nitrogen functional groups attached to an aromatic ring is 1. The van der Waals surface area contributed by atoms with Crippen LogP contribution in [0.1, 0.15) is 30.5 Å². The third-order valence-electron chi connectivity index (χ3n) is 4.90. The highest BCUT2D eigenvalue weighted by molar-refractivity contribution is 7.09. The molecular formula is C18H23N7S. The van der Waals surface area contributed by atoms with E-state index in [1.807, 2.05) is 12.3 Å². The first-order valence-corrected chi connectivity index (χ1v) is 9.91. The molecule has 4 rings (SSSR count). The summed E-state index contributed by atoms with van der Waals surface area (Å²) in [5.41, 5.74) is 8.14. The first-order chi connectivity index (χ1) is 12.7. The van der Waals surface area contributed by atoms with Crippen LogP contribution in [0.3, 0.4) is 0 Å². The molecule has 0 saturated carbocycles. The number of anilines is 2. The van der Waals surface area contributed by atoms with Gasteiger partial charge in [-0.05, 0) is 31.2 Å². The maximum absolute atomic E-state index is 6.35. The molecule has 1 saturated heterocycles. The fourth-order valence-electron chi connectivity index (χ4n) is 3.41. The Morgan fingerprint density at radius 2 is 2.04 bits per heavy atom. The van der Waals surface area contributed by atoms with Crippen molar-refractivity contribution in [3.63, 3.8) is 0 Å². The molecule has 4 heterocycles. The van der Waals surface area contributed by atoms with Gasteiger partial charge in [0.25, 0.3) is 0 Å². The van der Waals surface area contributed by atoms with Crippen molar-refractivity contribution >= 4 is 22.8 Å². The molecular weight excluding hydrogens is 346 g/mol. The van der Waals surface area contributed by atoms with Gasteiger partial charge >= 0.3 is 0 Å². The van der Waals surface area contributed by atoms with Gasteiger partial charge in [0, 0.05) is 37.3 Å². The summed E-state index contributed by atoms with van der Waals surface area (Å²) in [4.78, 5) is 15.7. The zero-order chi connectivity index (χ0) is 17.9. The van der Waals surface area contributed by atoms with E-state index in [-0.39, 0.29) is 0 Å². The zero-order valence-corrected chi connectivity index (χ0v) is 15.7. The number of rotatable bonds is 5. The fourth-order valence-corrected chi connectivity index (χ4v) is 4.40. The van der Waals surface area contributed by atoms with Crippen LogP contribution in [0.25, 0.3) is 5.82 Å². The van der Waals surface area contributed by atoms with E-state index in [4.69, 9.17) is 10.7 Å². The predicted octanol–water partition coefficient (Wildman–Crippen LogP) is 2.72. The predicted molar refractivity (Wildman–Crippen MR) is 104 cm³/mol. The van der Waals surface area contributed by atoms with Gasteiger partial charge in [0.2, 0.25) is 0 Å². The van der Waals surface area contributed by atoms with Crippen LogP contribution in [-0.2, 0) is 12.8 Å². The van der Waals surface area contributed by atoms with E-state index >= 15 is 0 Å². The van der Waals surface area contributed by atoms with Crippen LogP contribution < -0.4 is 10.6 Å². The molecule has 0 spiro atoms. The van der Waals surface area contributed by atoms with Gasteiger partial charge in [0.1, 0.15) is 12.0 Å². The second kappa shape index (κ2) is 7.41. The standard InChI is InChI=1S/C18H23N7S/c1-2-14-11-26-15(23-14)10-13-4-8-24(9-5-13)17-16(19)18(21-12-20-17)25-7-3-6-22-25/h3,6-7,11-13H,2,4-5,8-10,19H2,1H3. The lowest BCUT2D eigenvalue weighted by molar-refractivity contribution is 0.401. The molecule has 1 aliphatic heterocycles. The van der Waals surface area contributed by atoms with Gasteiger partial charge in [0.15, 0.2) is 11.6 Å². The van der Waals surface area contributed by atoms with Gasteiger partial charge in [0.05, 0.1) is 10.7 Å². The summed E-state index contributed by atoms with van der Waals surface area (Å²) in [6.45, 7) is 4.06. The highest BCUT2D eigenvalue weighted by Gasteiger charge is 2.24. The van der Waals surface area contributed by atoms with Gasteiger partial charge in [-0.15, -0.1) is 11.3 Å². The Kier molecular flexibility index (Phi) is 4.83. The van der Waals surface area contributed by atoms with Crippen molar-refractivity contribution in [2.75, 3.05) is 23.7 Å². The maximum atomic E-state index is 6.35. The van der Waals surface area contributed by atoms with E-state index in [2.05, 4.69) is 32.3 Å². The van der Waals surface area contributed by atoms with Gasteiger partial charge in [-0.1, -0.05) is 6.92 Å². The Balaban J connectivity index is 1.42. The van der Waals surface area contributed by atoms with E-state index in [0.29, 0.717) is 17.4 Å². The fraction of sp³-hybridized carbons (Fsp3) is 0.444. The Morgan fingerprint density at radius 1 is 1.23 bits per heavy atom. The van der Waals surface area contributed by atoms with Crippen LogP contribution >= 0.6 is 11.3 Å². The largest absolute Gasteiger partial charge is 0.393 e. The highest BCUT2D eigenvalue weighted by Crippen LogP contribution is 2.30. The molecule has 1 fully saturated rings. The first-order valence-electron chi connectivity index (χ1n) is 9.03. The maximum Gasteiger partial charge on any atom is 0.181 e. The average Bonchev–Trinajstić information content (AvgIpc) is 3.35. The Labute approximate surface area is 156 Å². The summed E-state index contributed by atoms with van der Waals surface area (Å²) in [6.07, 6.45) is 9.47. The molecule has 0 atom stereocenters. The normalized spacial score (nSPS) is 15.5. The van der Waals surface area contributed by atoms with Gasteiger partial charge in [-0.2, -0.15) is 5.10 Å². The number of aryl methyl sites for hydroxylation is 1. The minimum Gasteiger partial charge on any atom is -0.393 e. The van der Waals surface area contributed by atoms with Crippen molar-refractivity contribution in [2.24, 2.45) is 5.92 Å². The molecule has 26 heavy (non-hydrogen) atoms. The van der Waals surface area contributed by atoms with Crippen LogP contribution in [0.4, 0.5) is 11.5 Å². The molecule has 3 aromatic rings. The smallest absolute Gasteiger partial charge is 0.181 e. The number of hydrogen-bond acceptors (Lipinski definition) is 7. The topological polar surface area (TPSA) is 85.8 Å². The summed E-state index contributed by atoms with van der Waals surface area (Å²) < 4.78 is 1.68.